The van der Waals surface area contributed by atoms with Crippen molar-refractivity contribution in [2.75, 3.05) is 0 Å². The zero-order valence-corrected chi connectivity index (χ0v) is 12.7. The van der Waals surface area contributed by atoms with Crippen molar-refractivity contribution < 1.29 is 9.21 Å². The van der Waals surface area contributed by atoms with Crippen LogP contribution in [0.1, 0.15) is 19.7 Å². The second kappa shape index (κ2) is 6.54. The SMILES string of the molecule is C=CC(=O)N(Cc1nnc(-c2ccc(Cl)cc2)o1)C(C)C. The van der Waals surface area contributed by atoms with Gasteiger partial charge in [0.15, 0.2) is 0 Å². The van der Waals surface area contributed by atoms with Crippen LogP contribution < -0.4 is 0 Å². The van der Waals surface area contributed by atoms with E-state index in [0.29, 0.717) is 16.8 Å². The van der Waals surface area contributed by atoms with Crippen LogP contribution in [0.3, 0.4) is 0 Å². The Balaban J connectivity index is 2.17. The molecule has 2 rings (SSSR count). The summed E-state index contributed by atoms with van der Waals surface area (Å²) in [5.41, 5.74) is 0.782. The summed E-state index contributed by atoms with van der Waals surface area (Å²) in [4.78, 5) is 13.4. The van der Waals surface area contributed by atoms with Gasteiger partial charge in [-0.3, -0.25) is 4.79 Å². The minimum atomic E-state index is -0.170. The molecule has 0 fully saturated rings. The summed E-state index contributed by atoms with van der Waals surface area (Å²) in [6.07, 6.45) is 1.27. The van der Waals surface area contributed by atoms with Crippen molar-refractivity contribution in [3.8, 4) is 11.5 Å². The van der Waals surface area contributed by atoms with Crippen molar-refractivity contribution in [1.29, 1.82) is 0 Å². The maximum absolute atomic E-state index is 11.8. The molecule has 0 aliphatic rings. The first-order chi connectivity index (χ1) is 10.0. The molecule has 0 unspecified atom stereocenters. The third-order valence-corrected chi connectivity index (χ3v) is 3.20. The van der Waals surface area contributed by atoms with E-state index in [0.717, 1.165) is 5.56 Å². The number of carbonyl (C=O) groups is 1. The lowest BCUT2D eigenvalue weighted by atomic mass is 10.2. The number of amides is 1. The molecule has 0 aliphatic heterocycles. The van der Waals surface area contributed by atoms with Gasteiger partial charge in [-0.1, -0.05) is 18.2 Å². The Hall–Kier alpha value is -2.14. The largest absolute Gasteiger partial charge is 0.419 e. The van der Waals surface area contributed by atoms with Crippen LogP contribution in [-0.4, -0.2) is 27.0 Å². The molecule has 5 nitrogen and oxygen atoms in total. The fraction of sp³-hybridized carbons (Fsp3) is 0.267. The maximum atomic E-state index is 11.8. The number of aromatic nitrogens is 2. The van der Waals surface area contributed by atoms with Crippen molar-refractivity contribution in [3.63, 3.8) is 0 Å². The van der Waals surface area contributed by atoms with E-state index in [4.69, 9.17) is 16.0 Å². The van der Waals surface area contributed by atoms with Crippen molar-refractivity contribution in [1.82, 2.24) is 15.1 Å². The van der Waals surface area contributed by atoms with E-state index in [2.05, 4.69) is 16.8 Å². The molecule has 1 heterocycles. The molecule has 0 atom stereocenters. The van der Waals surface area contributed by atoms with E-state index >= 15 is 0 Å². The standard InChI is InChI=1S/C15H16ClN3O2/c1-4-14(20)19(10(2)3)9-13-17-18-15(21-13)11-5-7-12(16)8-6-11/h4-8,10H,1,9H2,2-3H3. The molecule has 2 aromatic rings. The minimum Gasteiger partial charge on any atom is -0.419 e. The van der Waals surface area contributed by atoms with Crippen LogP contribution >= 0.6 is 11.6 Å². The Labute approximate surface area is 128 Å². The van der Waals surface area contributed by atoms with E-state index in [1.54, 1.807) is 29.2 Å². The van der Waals surface area contributed by atoms with E-state index in [9.17, 15) is 4.79 Å². The van der Waals surface area contributed by atoms with Gasteiger partial charge in [0, 0.05) is 16.6 Å². The number of benzene rings is 1. The third-order valence-electron chi connectivity index (χ3n) is 2.94. The van der Waals surface area contributed by atoms with Gasteiger partial charge in [-0.2, -0.15) is 0 Å². The molecule has 6 heteroatoms. The van der Waals surface area contributed by atoms with Gasteiger partial charge in [0.05, 0.1) is 6.54 Å². The molecule has 110 valence electrons. The fourth-order valence-electron chi connectivity index (χ4n) is 1.80. The lowest BCUT2D eigenvalue weighted by molar-refractivity contribution is -0.128. The fourth-order valence-corrected chi connectivity index (χ4v) is 1.93. The van der Waals surface area contributed by atoms with Crippen LogP contribution in [0.2, 0.25) is 5.02 Å². The zero-order valence-electron chi connectivity index (χ0n) is 11.9. The van der Waals surface area contributed by atoms with Crippen LogP contribution in [-0.2, 0) is 11.3 Å². The van der Waals surface area contributed by atoms with Gasteiger partial charge >= 0.3 is 0 Å². The van der Waals surface area contributed by atoms with Gasteiger partial charge < -0.3 is 9.32 Å². The highest BCUT2D eigenvalue weighted by Gasteiger charge is 2.18. The van der Waals surface area contributed by atoms with Crippen LogP contribution in [0.25, 0.3) is 11.5 Å². The highest BCUT2D eigenvalue weighted by molar-refractivity contribution is 6.30. The molecule has 0 saturated heterocycles. The number of halogens is 1. The lowest BCUT2D eigenvalue weighted by Gasteiger charge is -2.23. The molecule has 0 N–H and O–H groups in total. The molecular formula is C15H16ClN3O2. The van der Waals surface area contributed by atoms with Crippen LogP contribution in [0, 0.1) is 0 Å². The molecule has 0 spiro atoms. The zero-order chi connectivity index (χ0) is 15.4. The van der Waals surface area contributed by atoms with Gasteiger partial charge in [-0.25, -0.2) is 0 Å². The Morgan fingerprint density at radius 2 is 2.05 bits per heavy atom. The molecule has 0 saturated carbocycles. The summed E-state index contributed by atoms with van der Waals surface area (Å²) < 4.78 is 5.59. The topological polar surface area (TPSA) is 59.2 Å². The monoisotopic (exact) mass is 305 g/mol. The van der Waals surface area contributed by atoms with E-state index in [1.807, 2.05) is 13.8 Å². The van der Waals surface area contributed by atoms with Crippen molar-refractivity contribution in [2.24, 2.45) is 0 Å². The first kappa shape index (κ1) is 15.3. The first-order valence-electron chi connectivity index (χ1n) is 6.52. The van der Waals surface area contributed by atoms with Gasteiger partial charge in [0.2, 0.25) is 17.7 Å². The van der Waals surface area contributed by atoms with Crippen LogP contribution in [0.15, 0.2) is 41.3 Å². The molecule has 0 aliphatic carbocycles. The molecule has 1 aromatic heterocycles. The molecule has 1 amide bonds. The Kier molecular flexibility index (Phi) is 4.75. The van der Waals surface area contributed by atoms with Crippen molar-refractivity contribution in [3.05, 3.63) is 47.8 Å². The van der Waals surface area contributed by atoms with Gasteiger partial charge in [0.1, 0.15) is 0 Å². The summed E-state index contributed by atoms with van der Waals surface area (Å²) >= 11 is 5.84. The first-order valence-corrected chi connectivity index (χ1v) is 6.90. The summed E-state index contributed by atoms with van der Waals surface area (Å²) in [6, 6.07) is 7.12. The second-order valence-corrected chi connectivity index (χ2v) is 5.21. The lowest BCUT2D eigenvalue weighted by Crippen LogP contribution is -2.35. The van der Waals surface area contributed by atoms with Gasteiger partial charge in [-0.05, 0) is 44.2 Å². The normalized spacial score (nSPS) is 10.7. The quantitative estimate of drug-likeness (QED) is 0.795. The number of hydrogen-bond donors (Lipinski definition) is 0. The Morgan fingerprint density at radius 3 is 2.62 bits per heavy atom. The molecule has 21 heavy (non-hydrogen) atoms. The summed E-state index contributed by atoms with van der Waals surface area (Å²) in [5.74, 6) is 0.608. The van der Waals surface area contributed by atoms with Gasteiger partial charge in [0.25, 0.3) is 0 Å². The van der Waals surface area contributed by atoms with E-state index in [-0.39, 0.29) is 18.5 Å². The average Bonchev–Trinajstić information content (AvgIpc) is 2.93. The van der Waals surface area contributed by atoms with E-state index < -0.39 is 0 Å². The smallest absolute Gasteiger partial charge is 0.247 e. The van der Waals surface area contributed by atoms with E-state index in [1.165, 1.54) is 6.08 Å². The summed E-state index contributed by atoms with van der Waals surface area (Å²) in [7, 11) is 0. The predicted molar refractivity (Wildman–Crippen MR) is 80.6 cm³/mol. The van der Waals surface area contributed by atoms with Crippen molar-refractivity contribution >= 4 is 17.5 Å². The second-order valence-electron chi connectivity index (χ2n) is 4.77. The number of hydrogen-bond acceptors (Lipinski definition) is 4. The highest BCUT2D eigenvalue weighted by Crippen LogP contribution is 2.21. The molecule has 0 bridgehead atoms. The number of carbonyl (C=O) groups excluding carboxylic acids is 1. The third kappa shape index (κ3) is 3.70. The summed E-state index contributed by atoms with van der Waals surface area (Å²) in [6.45, 7) is 7.58. The Bertz CT molecular complexity index is 635. The Morgan fingerprint density at radius 1 is 1.38 bits per heavy atom. The molecular weight excluding hydrogens is 290 g/mol. The van der Waals surface area contributed by atoms with Gasteiger partial charge in [-0.15, -0.1) is 10.2 Å². The highest BCUT2D eigenvalue weighted by atomic mass is 35.5. The van der Waals surface area contributed by atoms with Crippen LogP contribution in [0.4, 0.5) is 0 Å². The minimum absolute atomic E-state index is 0.0152. The summed E-state index contributed by atoms with van der Waals surface area (Å²) in [5, 5.41) is 8.61. The average molecular weight is 306 g/mol. The van der Waals surface area contributed by atoms with Crippen molar-refractivity contribution in [2.45, 2.75) is 26.4 Å². The molecule has 1 aromatic carbocycles. The molecule has 0 radical (unpaired) electrons. The number of nitrogens with zero attached hydrogens (tertiary/aromatic N) is 3. The number of rotatable bonds is 5. The predicted octanol–water partition coefficient (Wildman–Crippen LogP) is 3.31. The maximum Gasteiger partial charge on any atom is 0.247 e. The van der Waals surface area contributed by atoms with Crippen LogP contribution in [0.5, 0.6) is 0 Å².